The second kappa shape index (κ2) is 6.83. The van der Waals surface area contributed by atoms with E-state index in [9.17, 15) is 9.90 Å². The number of nitrogens with zero attached hydrogens (tertiary/aromatic N) is 1. The number of nitrogens with one attached hydrogen (secondary N) is 1. The minimum atomic E-state index is 0.0208. The summed E-state index contributed by atoms with van der Waals surface area (Å²) < 4.78 is 0. The van der Waals surface area contributed by atoms with Crippen LogP contribution in [0, 0.1) is 0 Å². The monoisotopic (exact) mass is 290 g/mol. The van der Waals surface area contributed by atoms with Crippen LogP contribution in [0.25, 0.3) is 0 Å². The van der Waals surface area contributed by atoms with E-state index in [1.807, 2.05) is 0 Å². The smallest absolute Gasteiger partial charge is 0.223 e. The van der Waals surface area contributed by atoms with E-state index in [2.05, 4.69) is 5.32 Å². The van der Waals surface area contributed by atoms with Crippen LogP contribution in [0.3, 0.4) is 0 Å². The molecule has 0 fully saturated rings. The molecule has 0 aliphatic heterocycles. The third-order valence-corrected chi connectivity index (χ3v) is 2.94. The molecule has 18 heavy (non-hydrogen) atoms. The topological polar surface area (TPSA) is 52.6 Å². The minimum absolute atomic E-state index is 0.0208. The molecule has 100 valence electrons. The fraction of sp³-hybridized carbons (Fsp3) is 0.417. The van der Waals surface area contributed by atoms with Gasteiger partial charge in [-0.05, 0) is 12.1 Å². The van der Waals surface area contributed by atoms with Crippen molar-refractivity contribution < 1.29 is 9.90 Å². The number of halogens is 2. The number of carbonyl (C=O) groups excluding carboxylic acids is 1. The Morgan fingerprint density at radius 3 is 2.67 bits per heavy atom. The van der Waals surface area contributed by atoms with Crippen LogP contribution in [0.5, 0.6) is 5.75 Å². The third kappa shape index (κ3) is 4.37. The summed E-state index contributed by atoms with van der Waals surface area (Å²) in [5.74, 6) is 0.0725. The number of phenols is 1. The van der Waals surface area contributed by atoms with Gasteiger partial charge in [-0.25, -0.2) is 0 Å². The molecule has 0 aliphatic carbocycles. The molecule has 6 heteroatoms. The molecule has 1 aromatic carbocycles. The summed E-state index contributed by atoms with van der Waals surface area (Å²) in [4.78, 5) is 12.9. The van der Waals surface area contributed by atoms with Gasteiger partial charge in [0.25, 0.3) is 0 Å². The van der Waals surface area contributed by atoms with Gasteiger partial charge in [-0.2, -0.15) is 0 Å². The lowest BCUT2D eigenvalue weighted by atomic mass is 10.2. The third-order valence-electron chi connectivity index (χ3n) is 2.44. The van der Waals surface area contributed by atoms with Crippen LogP contribution in [0.1, 0.15) is 12.0 Å². The molecule has 1 rings (SSSR count). The zero-order chi connectivity index (χ0) is 13.7. The first-order valence-corrected chi connectivity index (χ1v) is 6.25. The highest BCUT2D eigenvalue weighted by atomic mass is 35.5. The standard InChI is InChI=1S/C12H16Cl2N2O2/c1-16(2)11(17)3-4-15-7-8-5-9(13)6-10(14)12(8)18/h5-6,15,18H,3-4,7H2,1-2H3. The molecular formula is C12H16Cl2N2O2. The van der Waals surface area contributed by atoms with Gasteiger partial charge in [-0.1, -0.05) is 23.2 Å². The van der Waals surface area contributed by atoms with Crippen LogP contribution >= 0.6 is 23.2 Å². The molecule has 0 atom stereocenters. The molecule has 1 amide bonds. The Bertz CT molecular complexity index is 436. The van der Waals surface area contributed by atoms with E-state index in [0.29, 0.717) is 30.1 Å². The lowest BCUT2D eigenvalue weighted by Gasteiger charge is -2.11. The van der Waals surface area contributed by atoms with Crippen molar-refractivity contribution in [1.29, 1.82) is 0 Å². The fourth-order valence-electron chi connectivity index (χ4n) is 1.40. The largest absolute Gasteiger partial charge is 0.506 e. The van der Waals surface area contributed by atoms with Crippen molar-refractivity contribution in [2.75, 3.05) is 20.6 Å². The van der Waals surface area contributed by atoms with Gasteiger partial charge in [0, 0.05) is 44.2 Å². The molecule has 1 aromatic rings. The van der Waals surface area contributed by atoms with Crippen molar-refractivity contribution in [1.82, 2.24) is 10.2 Å². The number of phenolic OH excluding ortho intramolecular Hbond substituents is 1. The molecule has 0 spiro atoms. The zero-order valence-corrected chi connectivity index (χ0v) is 11.8. The van der Waals surface area contributed by atoms with E-state index in [1.54, 1.807) is 20.2 Å². The summed E-state index contributed by atoms with van der Waals surface area (Å²) in [6.07, 6.45) is 0.405. The molecule has 0 unspecified atom stereocenters. The number of hydrogen-bond donors (Lipinski definition) is 2. The minimum Gasteiger partial charge on any atom is -0.506 e. The highest BCUT2D eigenvalue weighted by Gasteiger charge is 2.08. The van der Waals surface area contributed by atoms with Gasteiger partial charge in [0.2, 0.25) is 5.91 Å². The predicted molar refractivity (Wildman–Crippen MR) is 73.1 cm³/mol. The Morgan fingerprint density at radius 2 is 2.06 bits per heavy atom. The van der Waals surface area contributed by atoms with E-state index in [-0.39, 0.29) is 16.7 Å². The van der Waals surface area contributed by atoms with Crippen LogP contribution < -0.4 is 5.32 Å². The Kier molecular flexibility index (Phi) is 5.72. The molecule has 0 saturated heterocycles. The molecule has 4 nitrogen and oxygen atoms in total. The molecule has 0 aromatic heterocycles. The quantitative estimate of drug-likeness (QED) is 0.818. The molecule has 0 saturated carbocycles. The Hall–Kier alpha value is -0.970. The van der Waals surface area contributed by atoms with Gasteiger partial charge in [-0.3, -0.25) is 4.79 Å². The summed E-state index contributed by atoms with van der Waals surface area (Å²) in [5, 5.41) is 13.5. The van der Waals surface area contributed by atoms with Gasteiger partial charge < -0.3 is 15.3 Å². The first-order valence-electron chi connectivity index (χ1n) is 5.49. The first-order chi connectivity index (χ1) is 8.41. The number of carbonyl (C=O) groups is 1. The molecule has 0 bridgehead atoms. The first kappa shape index (κ1) is 15.1. The highest BCUT2D eigenvalue weighted by molar-refractivity contribution is 6.35. The maximum absolute atomic E-state index is 11.3. The van der Waals surface area contributed by atoms with E-state index < -0.39 is 0 Å². The number of amides is 1. The van der Waals surface area contributed by atoms with Crippen LogP contribution in [0.2, 0.25) is 10.0 Å². The van der Waals surface area contributed by atoms with E-state index in [1.165, 1.54) is 11.0 Å². The van der Waals surface area contributed by atoms with Gasteiger partial charge in [-0.15, -0.1) is 0 Å². The molecule has 0 heterocycles. The summed E-state index contributed by atoms with van der Waals surface area (Å²) in [7, 11) is 3.43. The Morgan fingerprint density at radius 1 is 1.39 bits per heavy atom. The number of benzene rings is 1. The SMILES string of the molecule is CN(C)C(=O)CCNCc1cc(Cl)cc(Cl)c1O. The van der Waals surface area contributed by atoms with E-state index in [0.717, 1.165) is 0 Å². The average molecular weight is 291 g/mol. The maximum atomic E-state index is 11.3. The summed E-state index contributed by atoms with van der Waals surface area (Å²) in [6.45, 7) is 0.938. The van der Waals surface area contributed by atoms with E-state index >= 15 is 0 Å². The predicted octanol–water partition coefficient (Wildman–Crippen LogP) is 2.27. The van der Waals surface area contributed by atoms with Crippen molar-refractivity contribution in [2.24, 2.45) is 0 Å². The second-order valence-corrected chi connectivity index (χ2v) is 4.95. The van der Waals surface area contributed by atoms with Crippen molar-refractivity contribution in [2.45, 2.75) is 13.0 Å². The van der Waals surface area contributed by atoms with Crippen molar-refractivity contribution in [3.8, 4) is 5.75 Å². The molecule has 0 radical (unpaired) electrons. The Labute approximate surface area is 116 Å². The zero-order valence-electron chi connectivity index (χ0n) is 10.3. The van der Waals surface area contributed by atoms with Crippen LogP contribution in [0.4, 0.5) is 0 Å². The molecular weight excluding hydrogens is 275 g/mol. The highest BCUT2D eigenvalue weighted by Crippen LogP contribution is 2.30. The summed E-state index contributed by atoms with van der Waals surface area (Å²) >= 11 is 11.6. The van der Waals surface area contributed by atoms with Crippen molar-refractivity contribution in [3.63, 3.8) is 0 Å². The van der Waals surface area contributed by atoms with Crippen LogP contribution in [-0.4, -0.2) is 36.6 Å². The number of aromatic hydroxyl groups is 1. The van der Waals surface area contributed by atoms with Gasteiger partial charge in [0.1, 0.15) is 5.75 Å². The lowest BCUT2D eigenvalue weighted by molar-refractivity contribution is -0.128. The molecule has 0 aliphatic rings. The summed E-state index contributed by atoms with van der Waals surface area (Å²) in [6, 6.07) is 3.13. The average Bonchev–Trinajstić information content (AvgIpc) is 2.29. The Balaban J connectivity index is 2.47. The fourth-order valence-corrected chi connectivity index (χ4v) is 1.93. The van der Waals surface area contributed by atoms with Crippen LogP contribution in [0.15, 0.2) is 12.1 Å². The number of rotatable bonds is 5. The van der Waals surface area contributed by atoms with Gasteiger partial charge >= 0.3 is 0 Å². The maximum Gasteiger partial charge on any atom is 0.223 e. The van der Waals surface area contributed by atoms with Crippen molar-refractivity contribution >= 4 is 29.1 Å². The van der Waals surface area contributed by atoms with Crippen molar-refractivity contribution in [3.05, 3.63) is 27.7 Å². The second-order valence-electron chi connectivity index (χ2n) is 4.11. The van der Waals surface area contributed by atoms with Gasteiger partial charge in [0.05, 0.1) is 5.02 Å². The number of hydrogen-bond acceptors (Lipinski definition) is 3. The molecule has 2 N–H and O–H groups in total. The lowest BCUT2D eigenvalue weighted by Crippen LogP contribution is -2.26. The van der Waals surface area contributed by atoms with Crippen LogP contribution in [-0.2, 0) is 11.3 Å². The van der Waals surface area contributed by atoms with Gasteiger partial charge in [0.15, 0.2) is 0 Å². The van der Waals surface area contributed by atoms with E-state index in [4.69, 9.17) is 23.2 Å². The normalized spacial score (nSPS) is 10.4. The summed E-state index contributed by atoms with van der Waals surface area (Å²) in [5.41, 5.74) is 0.616.